The van der Waals surface area contributed by atoms with Gasteiger partial charge in [-0.05, 0) is 36.3 Å². The molecule has 0 aliphatic carbocycles. The van der Waals surface area contributed by atoms with E-state index in [1.165, 1.54) is 17.3 Å². The van der Waals surface area contributed by atoms with Gasteiger partial charge in [0.2, 0.25) is 5.91 Å². The van der Waals surface area contributed by atoms with Gasteiger partial charge in [-0.15, -0.1) is 0 Å². The zero-order valence-electron chi connectivity index (χ0n) is 18.5. The van der Waals surface area contributed by atoms with Gasteiger partial charge in [0.1, 0.15) is 6.61 Å². The Morgan fingerprint density at radius 3 is 2.65 bits per heavy atom. The van der Waals surface area contributed by atoms with Crippen LogP contribution in [0.15, 0.2) is 64.3 Å². The van der Waals surface area contributed by atoms with E-state index in [2.05, 4.69) is 42.9 Å². The number of fused-ring (bicyclic) bond motifs is 1. The number of carbonyl (C=O) groups is 2. The van der Waals surface area contributed by atoms with Crippen molar-refractivity contribution < 1.29 is 14.3 Å². The van der Waals surface area contributed by atoms with Crippen LogP contribution in [0, 0.1) is 0 Å². The van der Waals surface area contributed by atoms with Gasteiger partial charge in [0.25, 0.3) is 0 Å². The Bertz CT molecular complexity index is 961. The molecule has 1 unspecified atom stereocenters. The van der Waals surface area contributed by atoms with Crippen LogP contribution in [-0.2, 0) is 14.3 Å². The van der Waals surface area contributed by atoms with Crippen LogP contribution in [0.25, 0.3) is 0 Å². The van der Waals surface area contributed by atoms with Crippen molar-refractivity contribution in [1.82, 2.24) is 10.2 Å². The fourth-order valence-corrected chi connectivity index (χ4v) is 4.61. The average molecular weight is 440 g/mol. The van der Waals surface area contributed by atoms with Gasteiger partial charge in [0, 0.05) is 12.2 Å². The van der Waals surface area contributed by atoms with Gasteiger partial charge in [-0.1, -0.05) is 62.5 Å². The second-order valence-corrected chi connectivity index (χ2v) is 8.57. The number of thioether (sulfide) groups is 1. The zero-order chi connectivity index (χ0) is 22.5. The minimum atomic E-state index is -0.424. The summed E-state index contributed by atoms with van der Waals surface area (Å²) in [7, 11) is 0. The van der Waals surface area contributed by atoms with Gasteiger partial charge in [0.15, 0.2) is 5.17 Å². The van der Waals surface area contributed by atoms with Crippen LogP contribution in [0.4, 0.5) is 0 Å². The highest BCUT2D eigenvalue weighted by molar-refractivity contribution is 8.16. The molecule has 7 heteroatoms. The van der Waals surface area contributed by atoms with Gasteiger partial charge in [0.05, 0.1) is 23.7 Å². The Labute approximate surface area is 188 Å². The lowest BCUT2D eigenvalue weighted by atomic mass is 9.92. The molecule has 1 N–H and O–H groups in total. The van der Waals surface area contributed by atoms with Crippen molar-refractivity contribution in [2.24, 2.45) is 4.99 Å². The lowest BCUT2D eigenvalue weighted by molar-refractivity contribution is -0.138. The largest absolute Gasteiger partial charge is 0.458 e. The number of rotatable bonds is 8. The predicted octanol–water partition coefficient (Wildman–Crippen LogP) is 4.64. The van der Waals surface area contributed by atoms with Crippen molar-refractivity contribution in [3.8, 4) is 0 Å². The number of amidine groups is 1. The summed E-state index contributed by atoms with van der Waals surface area (Å²) in [5.41, 5.74) is 4.09. The lowest BCUT2D eigenvalue weighted by Crippen LogP contribution is -2.38. The molecule has 2 aliphatic heterocycles. The van der Waals surface area contributed by atoms with E-state index >= 15 is 0 Å². The van der Waals surface area contributed by atoms with Crippen LogP contribution < -0.4 is 5.32 Å². The molecule has 6 nitrogen and oxygen atoms in total. The summed E-state index contributed by atoms with van der Waals surface area (Å²) in [5.74, 6) is -0.0821. The Morgan fingerprint density at radius 1 is 1.32 bits per heavy atom. The summed E-state index contributed by atoms with van der Waals surface area (Å²) < 4.78 is 5.40. The molecule has 0 radical (unpaired) electrons. The predicted molar refractivity (Wildman–Crippen MR) is 125 cm³/mol. The van der Waals surface area contributed by atoms with Crippen LogP contribution in [0.3, 0.4) is 0 Å². The second kappa shape index (κ2) is 10.0. The van der Waals surface area contributed by atoms with Gasteiger partial charge >= 0.3 is 5.97 Å². The minimum absolute atomic E-state index is 0.0634. The van der Waals surface area contributed by atoms with Crippen LogP contribution in [0.5, 0.6) is 0 Å². The second-order valence-electron chi connectivity index (χ2n) is 7.73. The third-order valence-electron chi connectivity index (χ3n) is 5.19. The summed E-state index contributed by atoms with van der Waals surface area (Å²) in [6, 6.07) is 7.85. The summed E-state index contributed by atoms with van der Waals surface area (Å²) in [5, 5.41) is 5.54. The quantitative estimate of drug-likeness (QED) is 0.472. The molecule has 0 saturated heterocycles. The number of hydrogen-bond donors (Lipinski definition) is 1. The summed E-state index contributed by atoms with van der Waals surface area (Å²) in [4.78, 5) is 32.0. The number of hydrogen-bond acceptors (Lipinski definition) is 6. The van der Waals surface area contributed by atoms with E-state index in [-0.39, 0.29) is 18.9 Å². The summed E-state index contributed by atoms with van der Waals surface area (Å²) >= 11 is 1.47. The molecular formula is C24H29N3O3S. The highest BCUT2D eigenvalue weighted by Gasteiger charge is 2.41. The van der Waals surface area contributed by atoms with Crippen LogP contribution in [0.1, 0.15) is 57.2 Å². The number of allylic oxidation sites excluding steroid dienone is 1. The normalized spacial score (nSPS) is 17.8. The van der Waals surface area contributed by atoms with E-state index in [4.69, 9.17) is 4.74 Å². The van der Waals surface area contributed by atoms with Gasteiger partial charge < -0.3 is 15.0 Å². The first-order valence-corrected chi connectivity index (χ1v) is 11.3. The number of nitrogens with zero attached hydrogens (tertiary/aromatic N) is 2. The topological polar surface area (TPSA) is 71.0 Å². The first kappa shape index (κ1) is 22.9. The molecule has 2 heterocycles. The highest BCUT2D eigenvalue weighted by atomic mass is 32.2. The molecule has 31 heavy (non-hydrogen) atoms. The number of aliphatic imine (C=N–C) groups is 1. The number of carbonyl (C=O) groups excluding carboxylic acids is 2. The van der Waals surface area contributed by atoms with Crippen molar-refractivity contribution in [1.29, 1.82) is 0 Å². The van der Waals surface area contributed by atoms with E-state index < -0.39 is 12.0 Å². The standard InChI is InChI=1S/C24H29N3O3S/c1-6-12-30-23(29)21-16(5)26-24-27(19(14-31-24)13-20(28)25-7-2)22(21)18-10-8-17(9-11-18)15(3)4/h6,8-11,14-15,22H,1,7,12-13H2,2-5H3,(H,25,28). The van der Waals surface area contributed by atoms with Crippen molar-refractivity contribution in [2.45, 2.75) is 46.1 Å². The van der Waals surface area contributed by atoms with Gasteiger partial charge in [-0.2, -0.15) is 0 Å². The smallest absolute Gasteiger partial charge is 0.338 e. The number of amides is 1. The van der Waals surface area contributed by atoms with E-state index in [0.29, 0.717) is 23.7 Å². The van der Waals surface area contributed by atoms with Crippen LogP contribution >= 0.6 is 11.8 Å². The SMILES string of the molecule is C=CCOC(=O)C1=C(C)N=C2SC=C(CC(=O)NCC)N2C1c1ccc(C(C)C)cc1. The molecule has 3 rings (SSSR count). The van der Waals surface area contributed by atoms with Crippen molar-refractivity contribution in [3.05, 3.63) is 70.4 Å². The van der Waals surface area contributed by atoms with Crippen molar-refractivity contribution in [2.75, 3.05) is 13.2 Å². The van der Waals surface area contributed by atoms with Crippen LogP contribution in [-0.4, -0.2) is 35.1 Å². The summed E-state index contributed by atoms with van der Waals surface area (Å²) in [6.07, 6.45) is 1.76. The maximum Gasteiger partial charge on any atom is 0.338 e. The molecular weight excluding hydrogens is 410 g/mol. The Morgan fingerprint density at radius 2 is 2.03 bits per heavy atom. The average Bonchev–Trinajstić information content (AvgIpc) is 3.13. The number of ether oxygens (including phenoxy) is 1. The Kier molecular flexibility index (Phi) is 7.38. The Balaban J connectivity index is 2.04. The maximum atomic E-state index is 13.0. The molecule has 0 saturated carbocycles. The van der Waals surface area contributed by atoms with E-state index in [1.54, 1.807) is 6.08 Å². The molecule has 1 aromatic carbocycles. The number of esters is 1. The van der Waals surface area contributed by atoms with Gasteiger partial charge in [-0.3, -0.25) is 4.79 Å². The third-order valence-corrected chi connectivity index (χ3v) is 6.08. The molecule has 0 fully saturated rings. The van der Waals surface area contributed by atoms with Crippen LogP contribution in [0.2, 0.25) is 0 Å². The minimum Gasteiger partial charge on any atom is -0.458 e. The number of benzene rings is 1. The molecule has 0 aromatic heterocycles. The first-order chi connectivity index (χ1) is 14.9. The highest BCUT2D eigenvalue weighted by Crippen LogP contribution is 2.45. The van der Waals surface area contributed by atoms with Gasteiger partial charge in [-0.25, -0.2) is 9.79 Å². The monoisotopic (exact) mass is 439 g/mol. The van der Waals surface area contributed by atoms with Crippen molar-refractivity contribution in [3.63, 3.8) is 0 Å². The third kappa shape index (κ3) is 4.93. The fourth-order valence-electron chi connectivity index (χ4n) is 3.65. The number of nitrogens with one attached hydrogen (secondary N) is 1. The zero-order valence-corrected chi connectivity index (χ0v) is 19.3. The molecule has 164 valence electrons. The fraction of sp³-hybridized carbons (Fsp3) is 0.375. The first-order valence-electron chi connectivity index (χ1n) is 10.5. The molecule has 0 bridgehead atoms. The summed E-state index contributed by atoms with van der Waals surface area (Å²) in [6.45, 7) is 12.3. The molecule has 0 spiro atoms. The molecule has 1 aromatic rings. The lowest BCUT2D eigenvalue weighted by Gasteiger charge is -2.36. The van der Waals surface area contributed by atoms with E-state index in [0.717, 1.165) is 16.4 Å². The van der Waals surface area contributed by atoms with Crippen molar-refractivity contribution >= 4 is 28.8 Å². The van der Waals surface area contributed by atoms with E-state index in [1.807, 2.05) is 36.3 Å². The molecule has 1 atom stereocenters. The maximum absolute atomic E-state index is 13.0. The molecule has 2 aliphatic rings. The molecule has 1 amide bonds. The van der Waals surface area contributed by atoms with E-state index in [9.17, 15) is 9.59 Å². The Hall–Kier alpha value is -2.80.